The minimum Gasteiger partial charge on any atom is -0.496 e. The second kappa shape index (κ2) is 9.00. The molecule has 0 unspecified atom stereocenters. The van der Waals surface area contributed by atoms with Crippen molar-refractivity contribution >= 4 is 11.7 Å². The summed E-state index contributed by atoms with van der Waals surface area (Å²) < 4.78 is 5.39. The van der Waals surface area contributed by atoms with E-state index in [9.17, 15) is 9.59 Å². The largest absolute Gasteiger partial charge is 0.496 e. The molecule has 1 aliphatic heterocycles. The summed E-state index contributed by atoms with van der Waals surface area (Å²) in [4.78, 5) is 31.6. The molecule has 0 radical (unpaired) electrons. The second-order valence-corrected chi connectivity index (χ2v) is 7.79. The first-order valence-corrected chi connectivity index (χ1v) is 9.91. The molecule has 28 heavy (non-hydrogen) atoms. The Labute approximate surface area is 166 Å². The van der Waals surface area contributed by atoms with Gasteiger partial charge < -0.3 is 9.64 Å². The molecule has 2 heterocycles. The molecule has 3 rings (SSSR count). The fourth-order valence-electron chi connectivity index (χ4n) is 3.71. The number of methoxy groups -OCH3 is 1. The maximum absolute atomic E-state index is 12.9. The third kappa shape index (κ3) is 4.58. The summed E-state index contributed by atoms with van der Waals surface area (Å²) in [6, 6.07) is 11.3. The number of para-hydroxylation sites is 1. The molecule has 0 aliphatic carbocycles. The second-order valence-electron chi connectivity index (χ2n) is 7.79. The van der Waals surface area contributed by atoms with Crippen molar-refractivity contribution in [3.05, 3.63) is 48.2 Å². The molecular weight excluding hydrogens is 352 g/mol. The molecular formula is C23H28N2O3. The molecule has 1 aliphatic rings. The Kier molecular flexibility index (Phi) is 6.45. The Morgan fingerprint density at radius 3 is 2.68 bits per heavy atom. The van der Waals surface area contributed by atoms with Gasteiger partial charge in [-0.3, -0.25) is 14.6 Å². The molecule has 0 bridgehead atoms. The molecule has 1 fully saturated rings. The van der Waals surface area contributed by atoms with Crippen LogP contribution in [0.25, 0.3) is 11.3 Å². The van der Waals surface area contributed by atoms with E-state index in [-0.39, 0.29) is 17.6 Å². The number of Topliss-reactive ketones (excluding diaryl/α,β-unsaturated/α-hetero) is 1. The van der Waals surface area contributed by atoms with Crippen molar-refractivity contribution in [1.82, 2.24) is 9.88 Å². The maximum Gasteiger partial charge on any atom is 0.255 e. The molecule has 5 nitrogen and oxygen atoms in total. The number of likely N-dealkylation sites (tertiary alicyclic amines) is 1. The SMILES string of the molecule is COc1ccccc1-c1ccc(C(=O)N2CCC[C@H](C(=O)CC(C)C)C2)cn1. The first kappa shape index (κ1) is 20.1. The number of carbonyl (C=O) groups excluding carboxylic acids is 2. The molecule has 1 atom stereocenters. The van der Waals surface area contributed by atoms with Gasteiger partial charge in [-0.25, -0.2) is 0 Å². The first-order valence-electron chi connectivity index (χ1n) is 9.91. The van der Waals surface area contributed by atoms with Crippen LogP contribution in [0.1, 0.15) is 43.5 Å². The van der Waals surface area contributed by atoms with Gasteiger partial charge in [0.25, 0.3) is 5.91 Å². The fraction of sp³-hybridized carbons (Fsp3) is 0.435. The number of pyridine rings is 1. The highest BCUT2D eigenvalue weighted by Crippen LogP contribution is 2.28. The van der Waals surface area contributed by atoms with Crippen molar-refractivity contribution in [2.45, 2.75) is 33.1 Å². The van der Waals surface area contributed by atoms with Gasteiger partial charge in [-0.15, -0.1) is 0 Å². The number of hydrogen-bond acceptors (Lipinski definition) is 4. The smallest absolute Gasteiger partial charge is 0.255 e. The molecule has 0 spiro atoms. The van der Waals surface area contributed by atoms with E-state index in [1.807, 2.05) is 30.3 Å². The van der Waals surface area contributed by atoms with Crippen LogP contribution in [-0.2, 0) is 4.79 Å². The van der Waals surface area contributed by atoms with Crippen LogP contribution in [0.15, 0.2) is 42.6 Å². The van der Waals surface area contributed by atoms with Crippen LogP contribution in [0, 0.1) is 11.8 Å². The Morgan fingerprint density at radius 1 is 1.21 bits per heavy atom. The number of ether oxygens (including phenoxy) is 1. The highest BCUT2D eigenvalue weighted by Gasteiger charge is 2.29. The fourth-order valence-corrected chi connectivity index (χ4v) is 3.71. The summed E-state index contributed by atoms with van der Waals surface area (Å²) in [6.45, 7) is 5.31. The number of hydrogen-bond donors (Lipinski definition) is 0. The number of nitrogens with zero attached hydrogens (tertiary/aromatic N) is 2. The zero-order valence-corrected chi connectivity index (χ0v) is 16.9. The van der Waals surface area contributed by atoms with Crippen molar-refractivity contribution in [3.63, 3.8) is 0 Å². The lowest BCUT2D eigenvalue weighted by Crippen LogP contribution is -2.42. The van der Waals surface area contributed by atoms with E-state index >= 15 is 0 Å². The van der Waals surface area contributed by atoms with E-state index in [4.69, 9.17) is 4.74 Å². The van der Waals surface area contributed by atoms with E-state index in [0.29, 0.717) is 31.0 Å². The number of benzene rings is 1. The van der Waals surface area contributed by atoms with Crippen LogP contribution in [0.5, 0.6) is 5.75 Å². The molecule has 1 aromatic carbocycles. The van der Waals surface area contributed by atoms with Crippen molar-refractivity contribution in [3.8, 4) is 17.0 Å². The topological polar surface area (TPSA) is 59.5 Å². The van der Waals surface area contributed by atoms with E-state index < -0.39 is 0 Å². The summed E-state index contributed by atoms with van der Waals surface area (Å²) in [7, 11) is 1.63. The minimum atomic E-state index is -0.0545. The standard InChI is InChI=1S/C23H28N2O3/c1-16(2)13-21(26)18-7-6-12-25(15-18)23(27)17-10-11-20(24-14-17)19-8-4-5-9-22(19)28-3/h4-5,8-11,14,16,18H,6-7,12-13,15H2,1-3H3/t18-/m0/s1. The summed E-state index contributed by atoms with van der Waals surface area (Å²) in [5.74, 6) is 1.28. The number of piperidine rings is 1. The van der Waals surface area contributed by atoms with Crippen molar-refractivity contribution in [1.29, 1.82) is 0 Å². The zero-order valence-electron chi connectivity index (χ0n) is 16.9. The Hall–Kier alpha value is -2.69. The van der Waals surface area contributed by atoms with Crippen molar-refractivity contribution < 1.29 is 14.3 Å². The van der Waals surface area contributed by atoms with Crippen LogP contribution in [0.2, 0.25) is 0 Å². The Morgan fingerprint density at radius 2 is 2.00 bits per heavy atom. The van der Waals surface area contributed by atoms with Gasteiger partial charge in [0.15, 0.2) is 0 Å². The van der Waals surface area contributed by atoms with E-state index in [2.05, 4.69) is 18.8 Å². The first-order chi connectivity index (χ1) is 13.5. The molecule has 5 heteroatoms. The average Bonchev–Trinajstić information content (AvgIpc) is 2.73. The quantitative estimate of drug-likeness (QED) is 0.753. The molecule has 0 N–H and O–H groups in total. The molecule has 0 saturated carbocycles. The van der Waals surface area contributed by atoms with Crippen molar-refractivity contribution in [2.75, 3.05) is 20.2 Å². The highest BCUT2D eigenvalue weighted by molar-refractivity contribution is 5.95. The van der Waals surface area contributed by atoms with Gasteiger partial charge in [-0.1, -0.05) is 26.0 Å². The lowest BCUT2D eigenvalue weighted by Gasteiger charge is -2.32. The van der Waals surface area contributed by atoms with Gasteiger partial charge in [0, 0.05) is 37.2 Å². The van der Waals surface area contributed by atoms with Crippen LogP contribution in [0.3, 0.4) is 0 Å². The molecule has 1 aromatic heterocycles. The highest BCUT2D eigenvalue weighted by atomic mass is 16.5. The molecule has 1 saturated heterocycles. The van der Waals surface area contributed by atoms with Gasteiger partial charge >= 0.3 is 0 Å². The number of ketones is 1. The lowest BCUT2D eigenvalue weighted by atomic mass is 9.89. The molecule has 2 aromatic rings. The van der Waals surface area contributed by atoms with Crippen molar-refractivity contribution in [2.24, 2.45) is 11.8 Å². The number of rotatable bonds is 6. The van der Waals surface area contributed by atoms with Crippen LogP contribution in [-0.4, -0.2) is 41.8 Å². The molecule has 1 amide bonds. The third-order valence-corrected chi connectivity index (χ3v) is 5.17. The Bertz CT molecular complexity index is 830. The number of aromatic nitrogens is 1. The normalized spacial score (nSPS) is 16.9. The van der Waals surface area contributed by atoms with Gasteiger partial charge in [0.2, 0.25) is 0 Å². The van der Waals surface area contributed by atoms with E-state index in [1.165, 1.54) is 0 Å². The third-order valence-electron chi connectivity index (χ3n) is 5.17. The monoisotopic (exact) mass is 380 g/mol. The molecule has 148 valence electrons. The lowest BCUT2D eigenvalue weighted by molar-refractivity contribution is -0.124. The van der Waals surface area contributed by atoms with E-state index in [1.54, 1.807) is 24.3 Å². The number of carbonyl (C=O) groups is 2. The Balaban J connectivity index is 1.71. The maximum atomic E-state index is 12.9. The van der Waals surface area contributed by atoms with Crippen LogP contribution < -0.4 is 4.74 Å². The zero-order chi connectivity index (χ0) is 20.1. The van der Waals surface area contributed by atoms with E-state index in [0.717, 1.165) is 29.8 Å². The summed E-state index contributed by atoms with van der Waals surface area (Å²) in [5.41, 5.74) is 2.20. The van der Waals surface area contributed by atoms with Gasteiger partial charge in [0.05, 0.1) is 18.4 Å². The van der Waals surface area contributed by atoms with Crippen LogP contribution >= 0.6 is 0 Å². The van der Waals surface area contributed by atoms with Gasteiger partial charge in [0.1, 0.15) is 11.5 Å². The summed E-state index contributed by atoms with van der Waals surface area (Å²) in [5, 5.41) is 0. The predicted molar refractivity (Wildman–Crippen MR) is 109 cm³/mol. The average molecular weight is 380 g/mol. The summed E-state index contributed by atoms with van der Waals surface area (Å²) >= 11 is 0. The van der Waals surface area contributed by atoms with Gasteiger partial charge in [-0.2, -0.15) is 0 Å². The van der Waals surface area contributed by atoms with Crippen LogP contribution in [0.4, 0.5) is 0 Å². The summed E-state index contributed by atoms with van der Waals surface area (Å²) in [6.07, 6.45) is 3.94. The van der Waals surface area contributed by atoms with Gasteiger partial charge in [-0.05, 0) is 43.0 Å². The predicted octanol–water partition coefficient (Wildman–Crippen LogP) is 4.22. The minimum absolute atomic E-state index is 0.0408. The number of amides is 1.